The maximum atomic E-state index is 5.28. The second-order valence-corrected chi connectivity index (χ2v) is 14.6. The monoisotopic (exact) mass is 469 g/mol. The van der Waals surface area contributed by atoms with E-state index in [0.29, 0.717) is 15.2 Å². The van der Waals surface area contributed by atoms with E-state index in [4.69, 9.17) is 24.4 Å². The van der Waals surface area contributed by atoms with Crippen LogP contribution in [0.25, 0.3) is 11.4 Å². The molecule has 9 nitrogen and oxygen atoms in total. The van der Waals surface area contributed by atoms with E-state index in [1.165, 1.54) is 0 Å². The lowest BCUT2D eigenvalue weighted by Crippen LogP contribution is -2.47. The highest BCUT2D eigenvalue weighted by molar-refractivity contribution is 7.71. The minimum Gasteiger partial charge on any atom is -0.342 e. The number of aromatic nitrogens is 8. The van der Waals surface area contributed by atoms with Gasteiger partial charge < -0.3 is 4.90 Å². The first kappa shape index (κ1) is 21.3. The molecule has 0 spiro atoms. The van der Waals surface area contributed by atoms with Gasteiger partial charge in [-0.1, -0.05) is 52.4 Å². The van der Waals surface area contributed by atoms with E-state index in [2.05, 4.69) is 86.8 Å². The van der Waals surface area contributed by atoms with Gasteiger partial charge in [0.05, 0.1) is 19.4 Å². The van der Waals surface area contributed by atoms with E-state index in [0.717, 1.165) is 22.7 Å². The SMILES string of the molecule is CC(N(c1cccc(-n2[nH]nnc2=S)c1)c1cccc(-n2[nH]nnc2=S)c1)[Si](C)(C)C. The van der Waals surface area contributed by atoms with Crippen molar-refractivity contribution in [3.8, 4) is 11.4 Å². The lowest BCUT2D eigenvalue weighted by Gasteiger charge is -2.39. The summed E-state index contributed by atoms with van der Waals surface area (Å²) in [6.07, 6.45) is 0. The van der Waals surface area contributed by atoms with Crippen molar-refractivity contribution >= 4 is 43.9 Å². The lowest BCUT2D eigenvalue weighted by molar-refractivity contribution is 0.783. The highest BCUT2D eigenvalue weighted by atomic mass is 32.1. The van der Waals surface area contributed by atoms with Crippen LogP contribution in [-0.4, -0.2) is 54.2 Å². The molecule has 1 unspecified atom stereocenters. The largest absolute Gasteiger partial charge is 0.342 e. The molecule has 0 aliphatic heterocycles. The molecule has 0 aliphatic carbocycles. The fourth-order valence-electron chi connectivity index (χ4n) is 3.28. The molecule has 4 aromatic rings. The van der Waals surface area contributed by atoms with Crippen molar-refractivity contribution in [2.45, 2.75) is 32.2 Å². The molecule has 160 valence electrons. The van der Waals surface area contributed by atoms with Crippen LogP contribution in [0, 0.1) is 9.54 Å². The van der Waals surface area contributed by atoms with E-state index in [1.54, 1.807) is 9.36 Å². The van der Waals surface area contributed by atoms with E-state index in [9.17, 15) is 0 Å². The average Bonchev–Trinajstić information content (AvgIpc) is 3.36. The van der Waals surface area contributed by atoms with Crippen molar-refractivity contribution in [3.05, 3.63) is 58.1 Å². The Kier molecular flexibility index (Phi) is 5.69. The van der Waals surface area contributed by atoms with Crippen LogP contribution in [0.15, 0.2) is 48.5 Å². The molecule has 0 fully saturated rings. The Balaban J connectivity index is 1.86. The first-order valence-electron chi connectivity index (χ1n) is 9.76. The number of tetrazole rings is 2. The zero-order chi connectivity index (χ0) is 22.2. The van der Waals surface area contributed by atoms with Gasteiger partial charge in [-0.25, -0.2) is 9.36 Å². The molecular formula is C19H23N9S2Si. The summed E-state index contributed by atoms with van der Waals surface area (Å²) in [7, 11) is -1.57. The molecule has 2 heterocycles. The number of anilines is 2. The topological polar surface area (TPSA) is 96.2 Å². The molecule has 1 atom stereocenters. The van der Waals surface area contributed by atoms with Gasteiger partial charge in [0.15, 0.2) is 0 Å². The number of H-pyrrole nitrogens is 2. The number of benzene rings is 2. The maximum Gasteiger partial charge on any atom is 0.242 e. The van der Waals surface area contributed by atoms with E-state index < -0.39 is 8.07 Å². The highest BCUT2D eigenvalue weighted by Crippen LogP contribution is 2.33. The standard InChI is InChI=1S/C19H23N9S2Si/c1-13(31(2,3)4)26(14-7-5-9-16(11-14)27-18(29)20-22-24-27)15-8-6-10-17(12-15)28-19(30)21-23-25-28/h5-13H,1-4H3,(H,20,24,29)(H,21,25,30). The van der Waals surface area contributed by atoms with Gasteiger partial charge in [-0.15, -0.1) is 0 Å². The Morgan fingerprint density at radius 2 is 1.29 bits per heavy atom. The van der Waals surface area contributed by atoms with Crippen LogP contribution in [0.5, 0.6) is 0 Å². The summed E-state index contributed by atoms with van der Waals surface area (Å²) in [6, 6.07) is 16.3. The normalized spacial score (nSPS) is 12.6. The van der Waals surface area contributed by atoms with Crippen molar-refractivity contribution in [2.75, 3.05) is 4.90 Å². The van der Waals surface area contributed by atoms with Crippen molar-refractivity contribution in [1.29, 1.82) is 0 Å². The van der Waals surface area contributed by atoms with Gasteiger partial charge in [-0.3, -0.25) is 0 Å². The summed E-state index contributed by atoms with van der Waals surface area (Å²) in [5, 5.41) is 21.0. The zero-order valence-corrected chi connectivity index (χ0v) is 20.3. The summed E-state index contributed by atoms with van der Waals surface area (Å²) in [6.45, 7) is 9.37. The quantitative estimate of drug-likeness (QED) is 0.320. The highest BCUT2D eigenvalue weighted by Gasteiger charge is 2.30. The van der Waals surface area contributed by atoms with Crippen LogP contribution >= 0.6 is 24.4 Å². The molecule has 2 aromatic heterocycles. The molecular weight excluding hydrogens is 446 g/mol. The Labute approximate surface area is 190 Å². The fraction of sp³-hybridized carbons (Fsp3) is 0.263. The summed E-state index contributed by atoms with van der Waals surface area (Å²) in [4.78, 5) is 2.36. The van der Waals surface area contributed by atoms with Gasteiger partial charge >= 0.3 is 0 Å². The van der Waals surface area contributed by atoms with Gasteiger partial charge in [-0.05, 0) is 67.8 Å². The molecule has 0 radical (unpaired) electrons. The second-order valence-electron chi connectivity index (χ2n) is 8.29. The van der Waals surface area contributed by atoms with Gasteiger partial charge in [0.25, 0.3) is 0 Å². The number of nitrogens with one attached hydrogen (secondary N) is 2. The third kappa shape index (κ3) is 4.27. The Hall–Kier alpha value is -2.96. The first-order chi connectivity index (χ1) is 14.8. The second kappa shape index (κ2) is 8.28. The molecule has 2 aromatic carbocycles. The Bertz CT molecular complexity index is 1220. The third-order valence-corrected chi connectivity index (χ3v) is 8.61. The molecule has 0 aliphatic rings. The predicted molar refractivity (Wildman–Crippen MR) is 128 cm³/mol. The van der Waals surface area contributed by atoms with Gasteiger partial charge in [0.2, 0.25) is 9.54 Å². The first-order valence-corrected chi connectivity index (χ1v) is 14.2. The number of rotatable bonds is 6. The summed E-state index contributed by atoms with van der Waals surface area (Å²) >= 11 is 10.6. The summed E-state index contributed by atoms with van der Waals surface area (Å²) < 4.78 is 4.12. The van der Waals surface area contributed by atoms with Crippen LogP contribution in [0.1, 0.15) is 6.92 Å². The van der Waals surface area contributed by atoms with Crippen molar-refractivity contribution < 1.29 is 0 Å². The Morgan fingerprint density at radius 3 is 1.65 bits per heavy atom. The molecule has 12 heteroatoms. The van der Waals surface area contributed by atoms with Crippen molar-refractivity contribution in [3.63, 3.8) is 0 Å². The summed E-state index contributed by atoms with van der Waals surface area (Å²) in [5.74, 6) is 0. The van der Waals surface area contributed by atoms with Crippen LogP contribution in [0.3, 0.4) is 0 Å². The van der Waals surface area contributed by atoms with E-state index >= 15 is 0 Å². The van der Waals surface area contributed by atoms with Crippen molar-refractivity contribution in [2.24, 2.45) is 0 Å². The molecule has 31 heavy (non-hydrogen) atoms. The predicted octanol–water partition coefficient (Wildman–Crippen LogP) is 4.37. The summed E-state index contributed by atoms with van der Waals surface area (Å²) in [5.41, 5.74) is 4.14. The molecule has 4 rings (SSSR count). The zero-order valence-electron chi connectivity index (χ0n) is 17.6. The van der Waals surface area contributed by atoms with E-state index in [1.807, 2.05) is 24.3 Å². The number of nitrogens with zero attached hydrogens (tertiary/aromatic N) is 7. The molecule has 0 amide bonds. The van der Waals surface area contributed by atoms with Gasteiger partial charge in [0, 0.05) is 17.0 Å². The van der Waals surface area contributed by atoms with Crippen LogP contribution in [0.2, 0.25) is 19.6 Å². The van der Waals surface area contributed by atoms with Gasteiger partial charge in [0.1, 0.15) is 0 Å². The fourth-order valence-corrected chi connectivity index (χ4v) is 4.73. The van der Waals surface area contributed by atoms with E-state index in [-0.39, 0.29) is 0 Å². The molecule has 0 saturated carbocycles. The minimum absolute atomic E-state index is 0.304. The van der Waals surface area contributed by atoms with Gasteiger partial charge in [-0.2, -0.15) is 10.4 Å². The molecule has 0 bridgehead atoms. The average molecular weight is 470 g/mol. The van der Waals surface area contributed by atoms with Crippen LogP contribution < -0.4 is 4.90 Å². The third-order valence-electron chi connectivity index (χ3n) is 5.32. The molecule has 0 saturated heterocycles. The lowest BCUT2D eigenvalue weighted by atomic mass is 10.2. The molecule has 2 N–H and O–H groups in total. The number of hydrogen-bond donors (Lipinski definition) is 2. The minimum atomic E-state index is -1.57. The smallest absolute Gasteiger partial charge is 0.242 e. The van der Waals surface area contributed by atoms with Crippen molar-refractivity contribution in [1.82, 2.24) is 40.4 Å². The van der Waals surface area contributed by atoms with Crippen LogP contribution in [0.4, 0.5) is 11.4 Å². The maximum absolute atomic E-state index is 5.28. The number of hydrogen-bond acceptors (Lipinski definition) is 7. The number of aromatic amines is 2. The Morgan fingerprint density at radius 1 is 0.839 bits per heavy atom. The van der Waals surface area contributed by atoms with Crippen LogP contribution in [-0.2, 0) is 0 Å².